The van der Waals surface area contributed by atoms with Crippen LogP contribution in [-0.4, -0.2) is 49.0 Å². The average molecular weight is 466 g/mol. The molecule has 5 aromatic carbocycles. The van der Waals surface area contributed by atoms with Crippen molar-refractivity contribution in [2.45, 2.75) is 6.23 Å². The first-order chi connectivity index (χ1) is 16.9. The van der Waals surface area contributed by atoms with Gasteiger partial charge in [0.1, 0.15) is 11.5 Å². The van der Waals surface area contributed by atoms with Crippen LogP contribution in [0.3, 0.4) is 0 Å². The number of hydrogen-bond donors (Lipinski definition) is 2. The van der Waals surface area contributed by atoms with Crippen LogP contribution in [0, 0.1) is 0 Å². The lowest BCUT2D eigenvalue weighted by atomic mass is 9.81. The highest BCUT2D eigenvalue weighted by molar-refractivity contribution is 6.41. The minimum absolute atomic E-state index is 0.368. The van der Waals surface area contributed by atoms with Gasteiger partial charge >= 0.3 is 0 Å². The Balaban J connectivity index is 1.85. The highest BCUT2D eigenvalue weighted by Gasteiger charge is 2.35. The van der Waals surface area contributed by atoms with Crippen LogP contribution in [0.1, 0.15) is 42.9 Å². The molecule has 0 saturated heterocycles. The molecule has 0 aromatic heterocycles. The maximum Gasteiger partial charge on any atom is 0.261 e. The first kappa shape index (κ1) is 20.0. The van der Waals surface area contributed by atoms with Gasteiger partial charge in [-0.25, -0.2) is 0 Å². The summed E-state index contributed by atoms with van der Waals surface area (Å²) in [7, 11) is 4.52. The van der Waals surface area contributed by atoms with Crippen molar-refractivity contribution in [1.82, 2.24) is 10.2 Å². The number of benzene rings is 5. The molecule has 5 aromatic rings. The summed E-state index contributed by atoms with van der Waals surface area (Å²) in [4.78, 5) is 40.1. The Morgan fingerprint density at radius 2 is 1.31 bits per heavy atom. The number of fused-ring (bicyclic) bond motifs is 2. The summed E-state index contributed by atoms with van der Waals surface area (Å²) in [5.41, 5.74) is 1.82. The van der Waals surface area contributed by atoms with Crippen LogP contribution >= 0.6 is 0 Å². The van der Waals surface area contributed by atoms with Crippen molar-refractivity contribution in [1.29, 1.82) is 0 Å². The maximum atomic E-state index is 13.1. The largest absolute Gasteiger partial charge is 0.496 e. The van der Waals surface area contributed by atoms with Gasteiger partial charge in [0.2, 0.25) is 0 Å². The third kappa shape index (κ3) is 2.18. The Morgan fingerprint density at radius 1 is 0.743 bits per heavy atom. The molecular formula is C27H18N2O6. The smallest absolute Gasteiger partial charge is 0.261 e. The normalized spacial score (nSPS) is 17.2. The van der Waals surface area contributed by atoms with E-state index in [0.717, 1.165) is 26.4 Å². The summed E-state index contributed by atoms with van der Waals surface area (Å²) < 4.78 is 11.6. The van der Waals surface area contributed by atoms with Gasteiger partial charge in [0.25, 0.3) is 17.7 Å². The molecule has 3 amide bonds. The number of rotatable bonds is 2. The lowest BCUT2D eigenvalue weighted by Crippen LogP contribution is -2.37. The van der Waals surface area contributed by atoms with Crippen LogP contribution in [-0.2, 0) is 0 Å². The summed E-state index contributed by atoms with van der Waals surface area (Å²) in [6.45, 7) is 0. The zero-order valence-electron chi connectivity index (χ0n) is 19.0. The van der Waals surface area contributed by atoms with Crippen LogP contribution in [0.25, 0.3) is 43.1 Å². The molecule has 35 heavy (non-hydrogen) atoms. The molecule has 7 rings (SSSR count). The van der Waals surface area contributed by atoms with Crippen molar-refractivity contribution < 1.29 is 29.0 Å². The molecule has 2 aliphatic heterocycles. The third-order valence-corrected chi connectivity index (χ3v) is 7.38. The van der Waals surface area contributed by atoms with Gasteiger partial charge in [-0.2, -0.15) is 0 Å². The van der Waals surface area contributed by atoms with Gasteiger partial charge in [-0.3, -0.25) is 19.3 Å². The minimum Gasteiger partial charge on any atom is -0.496 e. The fourth-order valence-corrected chi connectivity index (χ4v) is 5.86. The molecule has 0 saturated carbocycles. The monoisotopic (exact) mass is 466 g/mol. The summed E-state index contributed by atoms with van der Waals surface area (Å²) >= 11 is 0. The Bertz CT molecular complexity index is 1840. The van der Waals surface area contributed by atoms with E-state index in [1.165, 1.54) is 21.3 Å². The van der Waals surface area contributed by atoms with Gasteiger partial charge < -0.3 is 19.9 Å². The third-order valence-electron chi connectivity index (χ3n) is 7.38. The van der Waals surface area contributed by atoms with Crippen LogP contribution in [0.15, 0.2) is 36.4 Å². The Kier molecular flexibility index (Phi) is 3.64. The summed E-state index contributed by atoms with van der Waals surface area (Å²) in [6.07, 6.45) is -1.14. The summed E-state index contributed by atoms with van der Waals surface area (Å²) in [5.74, 6) is -0.255. The topological polar surface area (TPSA) is 105 Å². The van der Waals surface area contributed by atoms with E-state index in [2.05, 4.69) is 5.32 Å². The number of methoxy groups -OCH3 is 2. The zero-order valence-corrected chi connectivity index (χ0v) is 19.0. The molecule has 1 atom stereocenters. The maximum absolute atomic E-state index is 13.1. The number of carbonyl (C=O) groups excluding carboxylic acids is 3. The van der Waals surface area contributed by atoms with Crippen LogP contribution in [0.4, 0.5) is 0 Å². The number of amides is 3. The van der Waals surface area contributed by atoms with Gasteiger partial charge in [0.15, 0.2) is 6.23 Å². The predicted octanol–water partition coefficient (Wildman–Crippen LogP) is 3.71. The molecule has 0 fully saturated rings. The van der Waals surface area contributed by atoms with Gasteiger partial charge in [-0.1, -0.05) is 18.2 Å². The quantitative estimate of drug-likeness (QED) is 0.233. The second-order valence-electron chi connectivity index (χ2n) is 8.91. The fourth-order valence-electron chi connectivity index (χ4n) is 5.86. The van der Waals surface area contributed by atoms with Crippen molar-refractivity contribution in [3.8, 4) is 11.5 Å². The molecule has 8 heteroatoms. The van der Waals surface area contributed by atoms with Crippen molar-refractivity contribution in [3.63, 3.8) is 0 Å². The molecule has 8 nitrogen and oxygen atoms in total. The molecule has 2 aliphatic rings. The van der Waals surface area contributed by atoms with Crippen molar-refractivity contribution in [2.75, 3.05) is 21.3 Å². The van der Waals surface area contributed by atoms with E-state index in [9.17, 15) is 19.5 Å². The van der Waals surface area contributed by atoms with Crippen LogP contribution in [0.2, 0.25) is 0 Å². The van der Waals surface area contributed by atoms with Crippen molar-refractivity contribution in [3.05, 3.63) is 58.7 Å². The van der Waals surface area contributed by atoms with E-state index in [-0.39, 0.29) is 5.91 Å². The van der Waals surface area contributed by atoms with Crippen LogP contribution in [0.5, 0.6) is 11.5 Å². The van der Waals surface area contributed by atoms with E-state index in [0.29, 0.717) is 55.3 Å². The standard InChI is InChI=1S/C27H18N2O6/c1-29-26(32)13-7-5-11-10-4-6-12-18-14(25(31)28-24(12)30)8-16(34-2)22(20(10)18)23-17(35-3)9-15(27(29)33)19(13)21(11)23/h4-9,24,30H,1-3H3,(H,28,31). The van der Waals surface area contributed by atoms with E-state index in [4.69, 9.17) is 9.47 Å². The van der Waals surface area contributed by atoms with E-state index < -0.39 is 18.0 Å². The van der Waals surface area contributed by atoms with Crippen LogP contribution < -0.4 is 14.8 Å². The molecule has 2 N–H and O–H groups in total. The summed E-state index contributed by atoms with van der Waals surface area (Å²) in [6, 6.07) is 10.6. The molecule has 0 spiro atoms. The number of aliphatic hydroxyl groups is 1. The number of nitrogens with one attached hydrogen (secondary N) is 1. The first-order valence-electron chi connectivity index (χ1n) is 11.0. The van der Waals surface area contributed by atoms with E-state index in [1.54, 1.807) is 24.3 Å². The van der Waals surface area contributed by atoms with Gasteiger partial charge in [0.05, 0.1) is 25.3 Å². The zero-order chi connectivity index (χ0) is 24.3. The number of imide groups is 1. The predicted molar refractivity (Wildman–Crippen MR) is 130 cm³/mol. The molecule has 172 valence electrons. The second kappa shape index (κ2) is 6.37. The van der Waals surface area contributed by atoms with Crippen molar-refractivity contribution in [2.24, 2.45) is 0 Å². The van der Waals surface area contributed by atoms with Gasteiger partial charge in [0, 0.05) is 50.5 Å². The minimum atomic E-state index is -1.14. The van der Waals surface area contributed by atoms with Gasteiger partial charge in [-0.15, -0.1) is 0 Å². The molecule has 1 unspecified atom stereocenters. The van der Waals surface area contributed by atoms with E-state index >= 15 is 0 Å². The molecule has 0 radical (unpaired) electrons. The molecule has 2 heterocycles. The molecule has 0 bridgehead atoms. The van der Waals surface area contributed by atoms with E-state index in [1.807, 2.05) is 12.1 Å². The number of hydrogen-bond acceptors (Lipinski definition) is 6. The number of aliphatic hydroxyl groups excluding tert-OH is 1. The average Bonchev–Trinajstić information content (AvgIpc) is 2.87. The lowest BCUT2D eigenvalue weighted by Gasteiger charge is -2.29. The number of nitrogens with zero attached hydrogens (tertiary/aromatic N) is 1. The highest BCUT2D eigenvalue weighted by Crippen LogP contribution is 2.51. The van der Waals surface area contributed by atoms with Gasteiger partial charge in [-0.05, 0) is 29.0 Å². The molecule has 0 aliphatic carbocycles. The summed E-state index contributed by atoms with van der Waals surface area (Å²) in [5, 5.41) is 18.9. The Morgan fingerprint density at radius 3 is 1.97 bits per heavy atom. The highest BCUT2D eigenvalue weighted by atomic mass is 16.5. The molecular weight excluding hydrogens is 448 g/mol. The number of carbonyl (C=O) groups is 3. The second-order valence-corrected chi connectivity index (χ2v) is 8.91. The first-order valence-corrected chi connectivity index (χ1v) is 11.0. The number of ether oxygens (including phenoxy) is 2. The fraction of sp³-hybridized carbons (Fsp3) is 0.148. The SMILES string of the molecule is COc1cc2c3c(ccc4c5ccc6c7c(cc(OC)c(c1c34)c75)C(=O)NC6O)C(=O)N(C)C2=O. The lowest BCUT2D eigenvalue weighted by molar-refractivity contribution is 0.0649. The Labute approximate surface area is 197 Å². The van der Waals surface area contributed by atoms with Crippen molar-refractivity contribution >= 4 is 60.8 Å². The Hall–Kier alpha value is -4.43.